The Kier molecular flexibility index (Phi) is 5.71. The molecular formula is C22H27N5OS2. The van der Waals surface area contributed by atoms with E-state index in [-0.39, 0.29) is 5.92 Å². The SMILES string of the molecule is CCN1CCN(C(=O)C2CCN(c3nc4ccc(-c5ccsc5)nc4s3)CC2)CC1. The van der Waals surface area contributed by atoms with E-state index in [1.807, 2.05) is 0 Å². The lowest BCUT2D eigenvalue weighted by Gasteiger charge is -2.38. The number of piperidine rings is 1. The van der Waals surface area contributed by atoms with Crippen LogP contribution in [0.15, 0.2) is 29.0 Å². The van der Waals surface area contributed by atoms with Crippen LogP contribution in [0.3, 0.4) is 0 Å². The smallest absolute Gasteiger partial charge is 0.225 e. The summed E-state index contributed by atoms with van der Waals surface area (Å²) in [7, 11) is 0. The summed E-state index contributed by atoms with van der Waals surface area (Å²) >= 11 is 3.35. The van der Waals surface area contributed by atoms with Gasteiger partial charge in [-0.3, -0.25) is 4.79 Å². The molecule has 2 aliphatic heterocycles. The minimum Gasteiger partial charge on any atom is -0.348 e. The van der Waals surface area contributed by atoms with E-state index >= 15 is 0 Å². The number of thiazole rings is 1. The van der Waals surface area contributed by atoms with Gasteiger partial charge in [0, 0.05) is 56.1 Å². The number of aromatic nitrogens is 2. The summed E-state index contributed by atoms with van der Waals surface area (Å²) in [4.78, 5) is 30.4. The lowest BCUT2D eigenvalue weighted by Crippen LogP contribution is -2.51. The van der Waals surface area contributed by atoms with E-state index < -0.39 is 0 Å². The maximum atomic E-state index is 12.9. The third-order valence-electron chi connectivity index (χ3n) is 6.31. The first-order chi connectivity index (χ1) is 14.7. The predicted molar refractivity (Wildman–Crippen MR) is 124 cm³/mol. The summed E-state index contributed by atoms with van der Waals surface area (Å²) in [6.45, 7) is 8.82. The number of amides is 1. The van der Waals surface area contributed by atoms with E-state index in [1.165, 1.54) is 0 Å². The Labute approximate surface area is 185 Å². The number of hydrogen-bond acceptors (Lipinski definition) is 7. The van der Waals surface area contributed by atoms with Crippen LogP contribution in [0.25, 0.3) is 21.6 Å². The van der Waals surface area contributed by atoms with Crippen molar-refractivity contribution in [3.05, 3.63) is 29.0 Å². The molecule has 0 saturated carbocycles. The zero-order valence-corrected chi connectivity index (χ0v) is 18.9. The summed E-state index contributed by atoms with van der Waals surface area (Å²) < 4.78 is 0. The van der Waals surface area contributed by atoms with E-state index in [9.17, 15) is 4.79 Å². The molecule has 0 unspecified atom stereocenters. The van der Waals surface area contributed by atoms with Crippen LogP contribution in [0, 0.1) is 5.92 Å². The molecule has 0 N–H and O–H groups in total. The number of piperazine rings is 1. The van der Waals surface area contributed by atoms with Crippen molar-refractivity contribution < 1.29 is 4.79 Å². The normalized spacial score (nSPS) is 19.0. The predicted octanol–water partition coefficient (Wildman–Crippen LogP) is 3.80. The molecule has 0 radical (unpaired) electrons. The minimum atomic E-state index is 0.159. The third kappa shape index (κ3) is 3.96. The molecule has 6 nitrogen and oxygen atoms in total. The Morgan fingerprint density at radius 2 is 1.87 bits per heavy atom. The summed E-state index contributed by atoms with van der Waals surface area (Å²) in [5.41, 5.74) is 3.13. The second-order valence-electron chi connectivity index (χ2n) is 8.05. The zero-order chi connectivity index (χ0) is 20.5. The molecule has 2 fully saturated rings. The van der Waals surface area contributed by atoms with Gasteiger partial charge in [0.05, 0.1) is 5.69 Å². The summed E-state index contributed by atoms with van der Waals surface area (Å²) in [6, 6.07) is 6.23. The van der Waals surface area contributed by atoms with Crippen molar-refractivity contribution in [2.75, 3.05) is 50.7 Å². The van der Waals surface area contributed by atoms with Crippen molar-refractivity contribution in [2.24, 2.45) is 5.92 Å². The summed E-state index contributed by atoms with van der Waals surface area (Å²) in [5, 5.41) is 5.23. The lowest BCUT2D eigenvalue weighted by atomic mass is 9.95. The molecule has 0 aliphatic carbocycles. The maximum Gasteiger partial charge on any atom is 0.225 e. The van der Waals surface area contributed by atoms with E-state index in [4.69, 9.17) is 9.97 Å². The zero-order valence-electron chi connectivity index (χ0n) is 17.3. The van der Waals surface area contributed by atoms with Crippen molar-refractivity contribution in [1.82, 2.24) is 19.8 Å². The summed E-state index contributed by atoms with van der Waals surface area (Å²) in [6.07, 6.45) is 1.83. The van der Waals surface area contributed by atoms with Crippen molar-refractivity contribution in [3.8, 4) is 11.3 Å². The largest absolute Gasteiger partial charge is 0.348 e. The number of hydrogen-bond donors (Lipinski definition) is 0. The maximum absolute atomic E-state index is 12.9. The molecule has 5 heterocycles. The monoisotopic (exact) mass is 441 g/mol. The van der Waals surface area contributed by atoms with Crippen molar-refractivity contribution in [1.29, 1.82) is 0 Å². The van der Waals surface area contributed by atoms with Gasteiger partial charge in [-0.05, 0) is 43.0 Å². The molecule has 3 aromatic rings. The number of likely N-dealkylation sites (N-methyl/N-ethyl adjacent to an activating group) is 1. The molecule has 0 aromatic carbocycles. The van der Waals surface area contributed by atoms with Gasteiger partial charge in [-0.15, -0.1) is 0 Å². The van der Waals surface area contributed by atoms with Crippen LogP contribution in [-0.2, 0) is 4.79 Å². The molecule has 0 spiro atoms. The van der Waals surface area contributed by atoms with Crippen LogP contribution in [0.5, 0.6) is 0 Å². The lowest BCUT2D eigenvalue weighted by molar-refractivity contribution is -0.137. The van der Waals surface area contributed by atoms with E-state index in [2.05, 4.69) is 50.6 Å². The molecular weight excluding hydrogens is 414 g/mol. The number of rotatable bonds is 4. The van der Waals surface area contributed by atoms with Gasteiger partial charge in [0.25, 0.3) is 0 Å². The van der Waals surface area contributed by atoms with Crippen LogP contribution >= 0.6 is 22.7 Å². The van der Waals surface area contributed by atoms with E-state index in [0.717, 1.165) is 85.4 Å². The highest BCUT2D eigenvalue weighted by Gasteiger charge is 2.31. The highest BCUT2D eigenvalue weighted by atomic mass is 32.1. The first-order valence-corrected chi connectivity index (χ1v) is 12.5. The van der Waals surface area contributed by atoms with Gasteiger partial charge >= 0.3 is 0 Å². The number of carbonyl (C=O) groups excluding carboxylic acids is 1. The van der Waals surface area contributed by atoms with Crippen LogP contribution < -0.4 is 4.90 Å². The molecule has 30 heavy (non-hydrogen) atoms. The molecule has 2 saturated heterocycles. The molecule has 0 bridgehead atoms. The minimum absolute atomic E-state index is 0.159. The van der Waals surface area contributed by atoms with Gasteiger partial charge in [0.2, 0.25) is 5.91 Å². The third-order valence-corrected chi connectivity index (χ3v) is 8.02. The average Bonchev–Trinajstić information content (AvgIpc) is 3.48. The standard InChI is InChI=1S/C22H27N5OS2/c1-2-25-10-12-26(13-11-25)21(28)16-5-8-27(9-6-16)22-24-19-4-3-18(23-20(19)30-22)17-7-14-29-15-17/h3-4,7,14-16H,2,5-6,8-13H2,1H3. The van der Waals surface area contributed by atoms with Crippen LogP contribution in [0.4, 0.5) is 5.13 Å². The van der Waals surface area contributed by atoms with E-state index in [0.29, 0.717) is 5.91 Å². The van der Waals surface area contributed by atoms with Crippen molar-refractivity contribution in [3.63, 3.8) is 0 Å². The molecule has 3 aromatic heterocycles. The second kappa shape index (κ2) is 8.61. The van der Waals surface area contributed by atoms with Gasteiger partial charge in [0.15, 0.2) is 5.13 Å². The Hall–Kier alpha value is -2.03. The Bertz CT molecular complexity index is 1000. The number of fused-ring (bicyclic) bond motifs is 1. The highest BCUT2D eigenvalue weighted by molar-refractivity contribution is 7.21. The molecule has 8 heteroatoms. The summed E-state index contributed by atoms with van der Waals surface area (Å²) in [5.74, 6) is 0.517. The van der Waals surface area contributed by atoms with Gasteiger partial charge in [0.1, 0.15) is 10.3 Å². The Morgan fingerprint density at radius 3 is 2.57 bits per heavy atom. The van der Waals surface area contributed by atoms with Gasteiger partial charge in [-0.1, -0.05) is 18.3 Å². The fraction of sp³-hybridized carbons (Fsp3) is 0.500. The molecule has 1 amide bonds. The molecule has 158 valence electrons. The van der Waals surface area contributed by atoms with Crippen LogP contribution in [0.1, 0.15) is 19.8 Å². The quantitative estimate of drug-likeness (QED) is 0.616. The van der Waals surface area contributed by atoms with Gasteiger partial charge < -0.3 is 14.7 Å². The number of anilines is 1. The van der Waals surface area contributed by atoms with E-state index in [1.54, 1.807) is 22.7 Å². The highest BCUT2D eigenvalue weighted by Crippen LogP contribution is 2.33. The Morgan fingerprint density at radius 1 is 1.07 bits per heavy atom. The number of nitrogens with zero attached hydrogens (tertiary/aromatic N) is 5. The fourth-order valence-electron chi connectivity index (χ4n) is 4.37. The Balaban J connectivity index is 1.22. The van der Waals surface area contributed by atoms with Crippen molar-refractivity contribution >= 4 is 44.1 Å². The van der Waals surface area contributed by atoms with Crippen LogP contribution in [-0.4, -0.2) is 71.5 Å². The topological polar surface area (TPSA) is 52.6 Å². The van der Waals surface area contributed by atoms with Crippen LogP contribution in [0.2, 0.25) is 0 Å². The number of carbonyl (C=O) groups is 1. The number of thiophene rings is 1. The molecule has 5 rings (SSSR count). The first kappa shape index (κ1) is 19.9. The first-order valence-electron chi connectivity index (χ1n) is 10.8. The van der Waals surface area contributed by atoms with Crippen molar-refractivity contribution in [2.45, 2.75) is 19.8 Å². The molecule has 2 aliphatic rings. The second-order valence-corrected chi connectivity index (χ2v) is 9.79. The van der Waals surface area contributed by atoms with Gasteiger partial charge in [-0.2, -0.15) is 11.3 Å². The average molecular weight is 442 g/mol. The van der Waals surface area contributed by atoms with Gasteiger partial charge in [-0.25, -0.2) is 9.97 Å². The fourth-order valence-corrected chi connectivity index (χ4v) is 6.01. The molecule has 0 atom stereocenters. The number of pyridine rings is 1.